The highest BCUT2D eigenvalue weighted by Gasteiger charge is 2.53. The van der Waals surface area contributed by atoms with E-state index in [0.29, 0.717) is 5.41 Å². The van der Waals surface area contributed by atoms with E-state index in [0.717, 1.165) is 24.2 Å². The summed E-state index contributed by atoms with van der Waals surface area (Å²) in [6, 6.07) is 0. The molecule has 1 unspecified atom stereocenters. The van der Waals surface area contributed by atoms with Crippen molar-refractivity contribution in [3.63, 3.8) is 0 Å². The van der Waals surface area contributed by atoms with E-state index in [9.17, 15) is 5.11 Å². The molecule has 2 heteroatoms. The third-order valence-corrected chi connectivity index (χ3v) is 5.18. The molecule has 0 aromatic heterocycles. The van der Waals surface area contributed by atoms with Crippen LogP contribution in [0.3, 0.4) is 0 Å². The molecule has 4 fully saturated rings. The van der Waals surface area contributed by atoms with Crippen molar-refractivity contribution >= 4 is 0 Å². The quantitative estimate of drug-likeness (QED) is 0.737. The minimum absolute atomic E-state index is 0. The zero-order valence-electron chi connectivity index (χ0n) is 9.91. The summed E-state index contributed by atoms with van der Waals surface area (Å²) >= 11 is 0. The highest BCUT2D eigenvalue weighted by atomic mass is 16.3. The van der Waals surface area contributed by atoms with Gasteiger partial charge in [-0.2, -0.15) is 0 Å². The molecule has 0 amide bonds. The van der Waals surface area contributed by atoms with Crippen molar-refractivity contribution < 1.29 is 5.11 Å². The van der Waals surface area contributed by atoms with Gasteiger partial charge in [-0.25, -0.2) is 0 Å². The van der Waals surface area contributed by atoms with Gasteiger partial charge in [0.1, 0.15) is 0 Å². The third-order valence-electron chi connectivity index (χ3n) is 5.18. The predicted molar refractivity (Wildman–Crippen MR) is 61.9 cm³/mol. The summed E-state index contributed by atoms with van der Waals surface area (Å²) in [5, 5.41) is 10.2. The normalized spacial score (nSPS) is 48.8. The topological polar surface area (TPSA) is 55.2 Å². The highest BCUT2D eigenvalue weighted by molar-refractivity contribution is 5.03. The Morgan fingerprint density at radius 2 is 1.47 bits per heavy atom. The lowest BCUT2D eigenvalue weighted by Crippen LogP contribution is -2.51. The Labute approximate surface area is 93.0 Å². The second-order valence-electron chi connectivity index (χ2n) is 6.20. The van der Waals surface area contributed by atoms with Crippen LogP contribution in [0.4, 0.5) is 0 Å². The van der Waals surface area contributed by atoms with Gasteiger partial charge in [-0.05, 0) is 68.1 Å². The van der Waals surface area contributed by atoms with E-state index in [1.807, 2.05) is 0 Å². The van der Waals surface area contributed by atoms with Crippen molar-refractivity contribution in [3.05, 3.63) is 0 Å². The lowest BCUT2D eigenvalue weighted by atomic mass is 9.48. The molecule has 4 bridgehead atoms. The first kappa shape index (κ1) is 11.4. The molecule has 0 aliphatic heterocycles. The standard InChI is InChI=1S/C13H22O.H3N/c1-2-12(14)13-6-9-3-10(7-13)5-11(4-9)8-13;/h9-12,14H,2-8H2,1H3;1H3. The Morgan fingerprint density at radius 1 is 1.07 bits per heavy atom. The molecule has 0 heterocycles. The second-order valence-corrected chi connectivity index (χ2v) is 6.20. The van der Waals surface area contributed by atoms with E-state index < -0.39 is 0 Å². The molecule has 88 valence electrons. The smallest absolute Gasteiger partial charge is 0.0594 e. The maximum atomic E-state index is 10.2. The van der Waals surface area contributed by atoms with E-state index in [1.54, 1.807) is 0 Å². The summed E-state index contributed by atoms with van der Waals surface area (Å²) in [5.74, 6) is 2.92. The highest BCUT2D eigenvalue weighted by Crippen LogP contribution is 2.61. The van der Waals surface area contributed by atoms with Crippen LogP contribution in [-0.4, -0.2) is 11.2 Å². The van der Waals surface area contributed by atoms with Gasteiger partial charge in [-0.1, -0.05) is 6.92 Å². The van der Waals surface area contributed by atoms with E-state index in [2.05, 4.69) is 6.92 Å². The van der Waals surface area contributed by atoms with Gasteiger partial charge in [0.15, 0.2) is 0 Å². The van der Waals surface area contributed by atoms with Crippen LogP contribution in [0.1, 0.15) is 51.9 Å². The SMILES string of the molecule is CCC(O)C12CC3CC(CC(C3)C1)C2.N. The maximum Gasteiger partial charge on any atom is 0.0594 e. The monoisotopic (exact) mass is 211 g/mol. The van der Waals surface area contributed by atoms with Crippen LogP contribution in [-0.2, 0) is 0 Å². The second kappa shape index (κ2) is 3.74. The van der Waals surface area contributed by atoms with Gasteiger partial charge in [0.05, 0.1) is 6.10 Å². The number of hydrogen-bond acceptors (Lipinski definition) is 2. The Balaban J connectivity index is 0.000000853. The fourth-order valence-electron chi connectivity index (χ4n) is 5.02. The van der Waals surface area contributed by atoms with E-state index in [-0.39, 0.29) is 12.3 Å². The molecule has 0 radical (unpaired) electrons. The van der Waals surface area contributed by atoms with Gasteiger partial charge in [0.2, 0.25) is 0 Å². The maximum absolute atomic E-state index is 10.2. The van der Waals surface area contributed by atoms with Gasteiger partial charge >= 0.3 is 0 Å². The molecule has 4 saturated carbocycles. The molecule has 2 nitrogen and oxygen atoms in total. The van der Waals surface area contributed by atoms with Crippen molar-refractivity contribution in [1.82, 2.24) is 6.15 Å². The number of aliphatic hydroxyl groups is 1. The average Bonchev–Trinajstić information content (AvgIpc) is 2.14. The molecular weight excluding hydrogens is 186 g/mol. The van der Waals surface area contributed by atoms with Crippen LogP contribution in [0.25, 0.3) is 0 Å². The van der Waals surface area contributed by atoms with E-state index >= 15 is 0 Å². The fraction of sp³-hybridized carbons (Fsp3) is 1.00. The zero-order chi connectivity index (χ0) is 9.76. The Bertz CT molecular complexity index is 203. The van der Waals surface area contributed by atoms with Gasteiger partial charge in [-0.15, -0.1) is 0 Å². The molecule has 15 heavy (non-hydrogen) atoms. The van der Waals surface area contributed by atoms with Crippen LogP contribution < -0.4 is 6.15 Å². The van der Waals surface area contributed by atoms with Crippen molar-refractivity contribution in [2.24, 2.45) is 23.2 Å². The molecule has 4 aliphatic rings. The van der Waals surface area contributed by atoms with Crippen LogP contribution in [0.5, 0.6) is 0 Å². The summed E-state index contributed by atoms with van der Waals surface area (Å²) in [6.07, 6.45) is 9.43. The number of hydrogen-bond donors (Lipinski definition) is 2. The van der Waals surface area contributed by atoms with Crippen LogP contribution in [0.2, 0.25) is 0 Å². The number of aliphatic hydroxyl groups excluding tert-OH is 1. The minimum atomic E-state index is -0.00380. The lowest BCUT2D eigenvalue weighted by Gasteiger charge is -2.58. The van der Waals surface area contributed by atoms with Crippen LogP contribution in [0.15, 0.2) is 0 Å². The molecule has 4 rings (SSSR count). The first-order valence-electron chi connectivity index (χ1n) is 6.40. The zero-order valence-corrected chi connectivity index (χ0v) is 9.91. The summed E-state index contributed by atoms with van der Waals surface area (Å²) in [7, 11) is 0. The van der Waals surface area contributed by atoms with Crippen molar-refractivity contribution in [2.45, 2.75) is 58.0 Å². The summed E-state index contributed by atoms with van der Waals surface area (Å²) in [4.78, 5) is 0. The van der Waals surface area contributed by atoms with Crippen molar-refractivity contribution in [2.75, 3.05) is 0 Å². The molecule has 1 atom stereocenters. The number of rotatable bonds is 2. The minimum Gasteiger partial charge on any atom is -0.393 e. The first-order valence-corrected chi connectivity index (χ1v) is 6.40. The fourth-order valence-corrected chi connectivity index (χ4v) is 5.02. The Morgan fingerprint density at radius 3 is 1.80 bits per heavy atom. The summed E-state index contributed by atoms with van der Waals surface area (Å²) in [5.41, 5.74) is 0.365. The van der Waals surface area contributed by atoms with Gasteiger partial charge in [0, 0.05) is 0 Å². The Kier molecular flexibility index (Phi) is 2.85. The van der Waals surface area contributed by atoms with Gasteiger partial charge in [0.25, 0.3) is 0 Å². The predicted octanol–water partition coefficient (Wildman–Crippen LogP) is 3.14. The molecule has 4 aliphatic carbocycles. The molecule has 0 saturated heterocycles. The molecular formula is C13H25NO. The summed E-state index contributed by atoms with van der Waals surface area (Å²) < 4.78 is 0. The van der Waals surface area contributed by atoms with Crippen LogP contribution in [0, 0.1) is 23.2 Å². The van der Waals surface area contributed by atoms with Gasteiger partial charge in [-0.3, -0.25) is 0 Å². The first-order chi connectivity index (χ1) is 6.72. The lowest BCUT2D eigenvalue weighted by molar-refractivity contribution is -0.120. The van der Waals surface area contributed by atoms with Crippen LogP contribution >= 0.6 is 0 Å². The molecule has 0 spiro atoms. The van der Waals surface area contributed by atoms with Gasteiger partial charge < -0.3 is 11.3 Å². The third kappa shape index (κ3) is 1.62. The average molecular weight is 211 g/mol. The van der Waals surface area contributed by atoms with E-state index in [4.69, 9.17) is 0 Å². The molecule has 0 aromatic carbocycles. The summed E-state index contributed by atoms with van der Waals surface area (Å²) in [6.45, 7) is 2.14. The molecule has 0 aromatic rings. The van der Waals surface area contributed by atoms with Crippen molar-refractivity contribution in [1.29, 1.82) is 0 Å². The van der Waals surface area contributed by atoms with Crippen molar-refractivity contribution in [3.8, 4) is 0 Å². The van der Waals surface area contributed by atoms with E-state index in [1.165, 1.54) is 38.5 Å². The largest absolute Gasteiger partial charge is 0.393 e. The Hall–Kier alpha value is -0.0800. The molecule has 4 N–H and O–H groups in total.